The van der Waals surface area contributed by atoms with Gasteiger partial charge >= 0.3 is 5.97 Å². The molecule has 2 aliphatic carbocycles. The zero-order valence-corrected chi connectivity index (χ0v) is 30.9. The number of fused-ring (bicyclic) bond motifs is 4. The van der Waals surface area contributed by atoms with Gasteiger partial charge < -0.3 is 34.3 Å². The van der Waals surface area contributed by atoms with E-state index in [9.17, 15) is 9.90 Å². The van der Waals surface area contributed by atoms with E-state index in [2.05, 4.69) is 62.5 Å². The molecule has 0 amide bonds. The number of rotatable bonds is 2. The Morgan fingerprint density at radius 1 is 0.887 bits per heavy atom. The van der Waals surface area contributed by atoms with Crippen molar-refractivity contribution in [2.45, 2.75) is 92.2 Å². The van der Waals surface area contributed by atoms with E-state index in [1.807, 2.05) is 0 Å². The van der Waals surface area contributed by atoms with E-state index in [1.54, 1.807) is 7.11 Å². The van der Waals surface area contributed by atoms with E-state index < -0.39 is 11.1 Å². The fourth-order valence-corrected chi connectivity index (χ4v) is 16.8. The highest BCUT2D eigenvalue weighted by Gasteiger charge is 2.83. The Kier molecular flexibility index (Phi) is 5.64. The fraction of sp³-hybridized carbons (Fsp3) is 0.651. The maximum Gasteiger partial charge on any atom is 0.335 e. The van der Waals surface area contributed by atoms with Crippen molar-refractivity contribution >= 4 is 17.3 Å². The molecule has 1 saturated carbocycles. The summed E-state index contributed by atoms with van der Waals surface area (Å²) in [7, 11) is 3.32. The highest BCUT2D eigenvalue weighted by atomic mass is 16.5. The van der Waals surface area contributed by atoms with Crippen LogP contribution in [-0.2, 0) is 29.8 Å². The molecule has 0 radical (unpaired) electrons. The molecule has 53 heavy (non-hydrogen) atoms. The number of nitrogens with one attached hydrogen (secondary N) is 1. The average Bonchev–Trinajstić information content (AvgIpc) is 4.02. The lowest BCUT2D eigenvalue weighted by Crippen LogP contribution is -2.81. The smallest absolute Gasteiger partial charge is 0.335 e. The zero-order chi connectivity index (χ0) is 35.3. The van der Waals surface area contributed by atoms with Gasteiger partial charge in [0.1, 0.15) is 5.75 Å². The van der Waals surface area contributed by atoms with Crippen molar-refractivity contribution in [2.75, 3.05) is 70.4 Å². The van der Waals surface area contributed by atoms with Crippen molar-refractivity contribution in [2.24, 2.45) is 22.2 Å². The number of hydrogen-bond acceptors (Lipinski definition) is 10. The van der Waals surface area contributed by atoms with E-state index in [4.69, 9.17) is 18.9 Å². The topological polar surface area (TPSA) is 96.0 Å². The lowest BCUT2D eigenvalue weighted by atomic mass is 9.43. The van der Waals surface area contributed by atoms with E-state index >= 15 is 0 Å². The summed E-state index contributed by atoms with van der Waals surface area (Å²) in [6, 6.07) is 15.8. The standard InChI is InChI=1S/C43H50N4O6/c1-50-30-9-5-7-28-32(30)47-24-38(20-25-21-39-13-18-52-31(39)10-15-45-17-12-42(28,36(39)45)43(25,47)49)23-46-16-11-41-27-6-3-4-8-29(27)44-33(41)26(34(48)51-2)22-40(35(41)46)14-19-53-37(38)40/h3-9,25,31,35-37,44,49H,10-24H2,1-2H3/t25-,31+,35+,36+,37?,38+,39-,40+,41+,42-,43-/m1/s1. The number of anilines is 2. The Morgan fingerprint density at radius 3 is 2.60 bits per heavy atom. The molecular weight excluding hydrogens is 668 g/mol. The maximum absolute atomic E-state index is 14.0. The number of benzene rings is 2. The summed E-state index contributed by atoms with van der Waals surface area (Å²) in [5, 5.41) is 17.8. The molecule has 11 aliphatic rings. The summed E-state index contributed by atoms with van der Waals surface area (Å²) in [6.07, 6.45) is 7.62. The van der Waals surface area contributed by atoms with Crippen molar-refractivity contribution < 1.29 is 28.8 Å². The van der Waals surface area contributed by atoms with Crippen LogP contribution in [-0.4, -0.2) is 111 Å². The molecule has 13 rings (SSSR count). The largest absolute Gasteiger partial charge is 0.495 e. The summed E-state index contributed by atoms with van der Waals surface area (Å²) in [5.41, 5.74) is 4.37. The first-order chi connectivity index (χ1) is 25.8. The quantitative estimate of drug-likeness (QED) is 0.441. The number of hydrogen-bond donors (Lipinski definition) is 2. The molecule has 11 atom stereocenters. The summed E-state index contributed by atoms with van der Waals surface area (Å²) < 4.78 is 25.8. The number of carbonyl (C=O) groups excluding carboxylic acids is 1. The molecule has 278 valence electrons. The number of para-hydroxylation sites is 2. The maximum atomic E-state index is 14.0. The predicted octanol–water partition coefficient (Wildman–Crippen LogP) is 4.16. The molecule has 9 heterocycles. The Balaban J connectivity index is 1.02. The van der Waals surface area contributed by atoms with Crippen LogP contribution in [0.15, 0.2) is 53.7 Å². The van der Waals surface area contributed by atoms with Gasteiger partial charge in [-0.05, 0) is 87.7 Å². The number of piperidine rings is 3. The molecule has 9 aliphatic heterocycles. The Morgan fingerprint density at radius 2 is 1.72 bits per heavy atom. The Bertz CT molecular complexity index is 2060. The number of esters is 1. The van der Waals surface area contributed by atoms with E-state index in [-0.39, 0.29) is 57.8 Å². The molecule has 0 aromatic heterocycles. The first-order valence-corrected chi connectivity index (χ1v) is 20.4. The first kappa shape index (κ1) is 31.1. The van der Waals surface area contributed by atoms with Gasteiger partial charge in [-0.2, -0.15) is 0 Å². The SMILES string of the molecule is COC(=O)C1=C2Nc3ccccc3[C@@]23CCN2C[C@]4(C[C@@H]5C[C@]67CCO[C@H]6CCN6CC[C@@]8(c9cccc(OC)c9N(C4)[C@@]58O)[C@@H]67)C4OCC[C@]4(C1)[C@H]23. The molecule has 0 bridgehead atoms. The third kappa shape index (κ3) is 3.07. The third-order valence-electron chi connectivity index (χ3n) is 17.7. The van der Waals surface area contributed by atoms with Gasteiger partial charge in [0.15, 0.2) is 5.72 Å². The molecule has 10 heteroatoms. The van der Waals surface area contributed by atoms with Gasteiger partial charge in [-0.3, -0.25) is 9.80 Å². The number of ether oxygens (including phenoxy) is 4. The summed E-state index contributed by atoms with van der Waals surface area (Å²) in [5.74, 6) is 0.674. The number of nitrogens with zero attached hydrogens (tertiary/aromatic N) is 3. The predicted molar refractivity (Wildman–Crippen MR) is 196 cm³/mol. The van der Waals surface area contributed by atoms with Gasteiger partial charge in [0.25, 0.3) is 0 Å². The fourth-order valence-electron chi connectivity index (χ4n) is 16.8. The van der Waals surface area contributed by atoms with Gasteiger partial charge in [-0.15, -0.1) is 0 Å². The highest BCUT2D eigenvalue weighted by molar-refractivity contribution is 5.93. The molecule has 7 saturated heterocycles. The zero-order valence-electron chi connectivity index (χ0n) is 30.9. The molecule has 2 aromatic rings. The molecule has 5 spiro atoms. The molecule has 10 nitrogen and oxygen atoms in total. The van der Waals surface area contributed by atoms with Crippen LogP contribution in [0.2, 0.25) is 0 Å². The molecule has 2 N–H and O–H groups in total. The van der Waals surface area contributed by atoms with E-state index in [0.717, 1.165) is 106 Å². The monoisotopic (exact) mass is 718 g/mol. The van der Waals surface area contributed by atoms with Gasteiger partial charge in [0, 0.05) is 78.5 Å². The van der Waals surface area contributed by atoms with Crippen LogP contribution in [0, 0.1) is 22.2 Å². The number of methoxy groups -OCH3 is 2. The highest BCUT2D eigenvalue weighted by Crippen LogP contribution is 2.77. The molecule has 1 unspecified atom stereocenters. The van der Waals surface area contributed by atoms with Crippen molar-refractivity contribution in [3.05, 3.63) is 64.9 Å². The minimum Gasteiger partial charge on any atom is -0.495 e. The summed E-state index contributed by atoms with van der Waals surface area (Å²) in [4.78, 5) is 22.0. The second-order valence-corrected chi connectivity index (χ2v) is 18.9. The van der Waals surface area contributed by atoms with Crippen LogP contribution in [0.25, 0.3) is 0 Å². The normalized spacial score (nSPS) is 47.6. The number of aliphatic hydroxyl groups is 1. The molecule has 2 aromatic carbocycles. The Labute approximate surface area is 310 Å². The van der Waals surface area contributed by atoms with Crippen LogP contribution in [0.3, 0.4) is 0 Å². The lowest BCUT2D eigenvalue weighted by Gasteiger charge is -2.70. The minimum absolute atomic E-state index is 0.00339. The molecular formula is C43H50N4O6. The van der Waals surface area contributed by atoms with Crippen LogP contribution in [0.5, 0.6) is 5.75 Å². The lowest BCUT2D eigenvalue weighted by molar-refractivity contribution is -0.232. The van der Waals surface area contributed by atoms with Crippen LogP contribution >= 0.6 is 0 Å². The first-order valence-electron chi connectivity index (χ1n) is 20.4. The Hall–Kier alpha value is -3.15. The minimum atomic E-state index is -1.04. The van der Waals surface area contributed by atoms with E-state index in [1.165, 1.54) is 18.2 Å². The van der Waals surface area contributed by atoms with Crippen LogP contribution < -0.4 is 15.0 Å². The summed E-state index contributed by atoms with van der Waals surface area (Å²) >= 11 is 0. The van der Waals surface area contributed by atoms with Crippen LogP contribution in [0.1, 0.15) is 62.5 Å². The van der Waals surface area contributed by atoms with Crippen molar-refractivity contribution in [1.82, 2.24) is 9.80 Å². The second kappa shape index (κ2) is 9.62. The third-order valence-corrected chi connectivity index (χ3v) is 17.7. The van der Waals surface area contributed by atoms with E-state index in [0.29, 0.717) is 19.6 Å². The average molecular weight is 719 g/mol. The van der Waals surface area contributed by atoms with Gasteiger partial charge in [0.2, 0.25) is 0 Å². The molecule has 8 fully saturated rings. The second-order valence-electron chi connectivity index (χ2n) is 18.9. The summed E-state index contributed by atoms with van der Waals surface area (Å²) in [6.45, 7) is 6.12. The van der Waals surface area contributed by atoms with Crippen molar-refractivity contribution in [1.29, 1.82) is 0 Å². The van der Waals surface area contributed by atoms with Crippen molar-refractivity contribution in [3.63, 3.8) is 0 Å². The van der Waals surface area contributed by atoms with Crippen molar-refractivity contribution in [3.8, 4) is 5.75 Å². The van der Waals surface area contributed by atoms with Gasteiger partial charge in [-0.1, -0.05) is 30.3 Å². The number of carbonyl (C=O) groups is 1. The van der Waals surface area contributed by atoms with Crippen LogP contribution in [0.4, 0.5) is 11.4 Å². The van der Waals surface area contributed by atoms with Gasteiger partial charge in [-0.25, -0.2) is 4.79 Å². The van der Waals surface area contributed by atoms with Gasteiger partial charge in [0.05, 0.1) is 48.5 Å².